The Bertz CT molecular complexity index is 677. The Morgan fingerprint density at radius 2 is 2.10 bits per heavy atom. The van der Waals surface area contributed by atoms with Gasteiger partial charge in [0.2, 0.25) is 0 Å². The van der Waals surface area contributed by atoms with Crippen LogP contribution in [0.1, 0.15) is 15.9 Å². The number of benzene rings is 2. The molecule has 0 heterocycles. The number of nitrogen functional groups attached to an aromatic ring is 1. The quantitative estimate of drug-likeness (QED) is 0.831. The lowest BCUT2D eigenvalue weighted by Crippen LogP contribution is -2.23. The zero-order valence-electron chi connectivity index (χ0n) is 11.3. The monoisotopic (exact) mass is 352 g/mol. The van der Waals surface area contributed by atoms with Crippen molar-refractivity contribution in [1.82, 2.24) is 5.32 Å². The average molecular weight is 353 g/mol. The zero-order chi connectivity index (χ0) is 15.4. The average Bonchev–Trinajstić information content (AvgIpc) is 2.45. The molecule has 0 saturated heterocycles. The Morgan fingerprint density at radius 1 is 1.33 bits per heavy atom. The molecule has 2 aromatic carbocycles. The number of rotatable bonds is 4. The number of halogens is 2. The van der Waals surface area contributed by atoms with Crippen molar-refractivity contribution in [2.45, 2.75) is 6.54 Å². The first kappa shape index (κ1) is 15.3. The molecule has 21 heavy (non-hydrogen) atoms. The summed E-state index contributed by atoms with van der Waals surface area (Å²) in [5.41, 5.74) is 7.08. The summed E-state index contributed by atoms with van der Waals surface area (Å²) < 4.78 is 19.3. The minimum atomic E-state index is -0.573. The number of methoxy groups -OCH3 is 1. The van der Waals surface area contributed by atoms with E-state index in [0.29, 0.717) is 15.9 Å². The van der Waals surface area contributed by atoms with Crippen LogP contribution in [0.4, 0.5) is 10.1 Å². The van der Waals surface area contributed by atoms with Gasteiger partial charge in [-0.2, -0.15) is 0 Å². The van der Waals surface area contributed by atoms with Gasteiger partial charge in [0.05, 0.1) is 18.4 Å². The third-order valence-corrected chi connectivity index (χ3v) is 3.42. The summed E-state index contributed by atoms with van der Waals surface area (Å²) in [5.74, 6) is -0.477. The Kier molecular flexibility index (Phi) is 4.80. The molecule has 2 rings (SSSR count). The van der Waals surface area contributed by atoms with Gasteiger partial charge in [0.1, 0.15) is 11.6 Å². The fraction of sp³-hybridized carbons (Fsp3) is 0.133. The lowest BCUT2D eigenvalue weighted by atomic mass is 10.1. The van der Waals surface area contributed by atoms with Crippen LogP contribution >= 0.6 is 15.9 Å². The van der Waals surface area contributed by atoms with Gasteiger partial charge in [0, 0.05) is 11.0 Å². The fourth-order valence-electron chi connectivity index (χ4n) is 1.84. The fourth-order valence-corrected chi connectivity index (χ4v) is 2.18. The van der Waals surface area contributed by atoms with E-state index in [9.17, 15) is 9.18 Å². The number of anilines is 1. The number of amides is 1. The molecule has 0 unspecified atom stereocenters. The lowest BCUT2D eigenvalue weighted by molar-refractivity contribution is 0.0947. The van der Waals surface area contributed by atoms with Crippen LogP contribution in [0.25, 0.3) is 0 Å². The van der Waals surface area contributed by atoms with E-state index in [4.69, 9.17) is 10.5 Å². The Labute approximate surface area is 130 Å². The van der Waals surface area contributed by atoms with E-state index in [0.717, 1.165) is 5.56 Å². The molecule has 4 nitrogen and oxygen atoms in total. The highest BCUT2D eigenvalue weighted by atomic mass is 79.9. The van der Waals surface area contributed by atoms with Gasteiger partial charge in [-0.3, -0.25) is 4.79 Å². The number of carbonyl (C=O) groups is 1. The van der Waals surface area contributed by atoms with Gasteiger partial charge in [-0.15, -0.1) is 0 Å². The van der Waals surface area contributed by atoms with Crippen molar-refractivity contribution in [3.63, 3.8) is 0 Å². The van der Waals surface area contributed by atoms with Crippen molar-refractivity contribution < 1.29 is 13.9 Å². The highest BCUT2D eigenvalue weighted by Gasteiger charge is 2.11. The van der Waals surface area contributed by atoms with E-state index in [1.54, 1.807) is 24.3 Å². The van der Waals surface area contributed by atoms with Crippen molar-refractivity contribution >= 4 is 27.5 Å². The maximum absolute atomic E-state index is 13.7. The maximum atomic E-state index is 13.7. The van der Waals surface area contributed by atoms with E-state index >= 15 is 0 Å². The van der Waals surface area contributed by atoms with E-state index in [2.05, 4.69) is 21.2 Å². The summed E-state index contributed by atoms with van der Waals surface area (Å²) in [6.45, 7) is 0.253. The molecular weight excluding hydrogens is 339 g/mol. The van der Waals surface area contributed by atoms with E-state index < -0.39 is 11.7 Å². The topological polar surface area (TPSA) is 64.3 Å². The molecule has 0 atom stereocenters. The third kappa shape index (κ3) is 3.72. The normalized spacial score (nSPS) is 10.2. The van der Waals surface area contributed by atoms with E-state index in [1.807, 2.05) is 0 Å². The number of hydrogen-bond acceptors (Lipinski definition) is 3. The predicted molar refractivity (Wildman–Crippen MR) is 82.7 cm³/mol. The molecule has 0 aromatic heterocycles. The molecule has 0 aliphatic heterocycles. The van der Waals surface area contributed by atoms with Gasteiger partial charge >= 0.3 is 0 Å². The van der Waals surface area contributed by atoms with Gasteiger partial charge in [0.15, 0.2) is 0 Å². The van der Waals surface area contributed by atoms with Crippen LogP contribution in [-0.4, -0.2) is 13.0 Å². The second kappa shape index (κ2) is 6.58. The summed E-state index contributed by atoms with van der Waals surface area (Å²) >= 11 is 3.15. The van der Waals surface area contributed by atoms with Gasteiger partial charge in [-0.05, 0) is 35.9 Å². The molecule has 0 saturated carbocycles. The summed E-state index contributed by atoms with van der Waals surface area (Å²) in [4.78, 5) is 11.9. The molecule has 0 spiro atoms. The number of hydrogen-bond donors (Lipinski definition) is 2. The van der Waals surface area contributed by atoms with Crippen LogP contribution in [0, 0.1) is 5.82 Å². The zero-order valence-corrected chi connectivity index (χ0v) is 12.9. The highest BCUT2D eigenvalue weighted by Crippen LogP contribution is 2.22. The predicted octanol–water partition coefficient (Wildman–Crippen LogP) is 3.11. The first-order valence-corrected chi connectivity index (χ1v) is 6.96. The summed E-state index contributed by atoms with van der Waals surface area (Å²) in [7, 11) is 1.53. The number of nitrogens with one attached hydrogen (secondary N) is 1. The molecule has 110 valence electrons. The largest absolute Gasteiger partial charge is 0.495 e. The second-order valence-corrected chi connectivity index (χ2v) is 5.30. The van der Waals surface area contributed by atoms with Gasteiger partial charge in [-0.1, -0.05) is 22.0 Å². The second-order valence-electron chi connectivity index (χ2n) is 4.38. The number of nitrogens with two attached hydrogens (primary N) is 1. The first-order chi connectivity index (χ1) is 10.0. The molecule has 0 fully saturated rings. The van der Waals surface area contributed by atoms with Crippen molar-refractivity contribution in [2.24, 2.45) is 0 Å². The number of carbonyl (C=O) groups excluding carboxylic acids is 1. The smallest absolute Gasteiger partial charge is 0.254 e. The van der Waals surface area contributed by atoms with Gasteiger partial charge < -0.3 is 15.8 Å². The van der Waals surface area contributed by atoms with E-state index in [1.165, 1.54) is 19.2 Å². The summed E-state index contributed by atoms with van der Waals surface area (Å²) in [5, 5.41) is 2.65. The molecule has 0 radical (unpaired) electrons. The van der Waals surface area contributed by atoms with Crippen LogP contribution < -0.4 is 15.8 Å². The van der Waals surface area contributed by atoms with Crippen molar-refractivity contribution in [3.8, 4) is 5.75 Å². The van der Waals surface area contributed by atoms with E-state index in [-0.39, 0.29) is 12.1 Å². The molecule has 0 bridgehead atoms. The Balaban J connectivity index is 2.05. The van der Waals surface area contributed by atoms with Gasteiger partial charge in [-0.25, -0.2) is 4.39 Å². The summed E-state index contributed by atoms with van der Waals surface area (Å²) in [6.07, 6.45) is 0. The summed E-state index contributed by atoms with van der Waals surface area (Å²) in [6, 6.07) is 9.50. The number of ether oxygens (including phenoxy) is 1. The standard InChI is InChI=1S/C15H14BrFN2O2/c1-21-14-5-2-9(6-13(14)18)8-19-15(20)11-4-3-10(16)7-12(11)17/h2-7H,8,18H2,1H3,(H,19,20). The lowest BCUT2D eigenvalue weighted by Gasteiger charge is -2.09. The van der Waals surface area contributed by atoms with Crippen molar-refractivity contribution in [3.05, 3.63) is 57.8 Å². The highest BCUT2D eigenvalue weighted by molar-refractivity contribution is 9.10. The van der Waals surface area contributed by atoms with Crippen LogP contribution in [0.2, 0.25) is 0 Å². The molecular formula is C15H14BrFN2O2. The SMILES string of the molecule is COc1ccc(CNC(=O)c2ccc(Br)cc2F)cc1N. The molecule has 3 N–H and O–H groups in total. The molecule has 1 amide bonds. The van der Waals surface area contributed by atoms with Crippen molar-refractivity contribution in [2.75, 3.05) is 12.8 Å². The molecule has 2 aromatic rings. The van der Waals surface area contributed by atoms with Gasteiger partial charge in [0.25, 0.3) is 5.91 Å². The van der Waals surface area contributed by atoms with Crippen molar-refractivity contribution in [1.29, 1.82) is 0 Å². The third-order valence-electron chi connectivity index (χ3n) is 2.92. The van der Waals surface area contributed by atoms with Crippen LogP contribution in [-0.2, 0) is 6.54 Å². The Hall–Kier alpha value is -2.08. The van der Waals surface area contributed by atoms with Crippen LogP contribution in [0.5, 0.6) is 5.75 Å². The van der Waals surface area contributed by atoms with Crippen LogP contribution in [0.3, 0.4) is 0 Å². The van der Waals surface area contributed by atoms with Crippen LogP contribution in [0.15, 0.2) is 40.9 Å². The molecule has 0 aliphatic carbocycles. The minimum absolute atomic E-state index is 0.000293. The molecule has 6 heteroatoms. The first-order valence-electron chi connectivity index (χ1n) is 6.17. The minimum Gasteiger partial charge on any atom is -0.495 e. The maximum Gasteiger partial charge on any atom is 0.254 e. The Morgan fingerprint density at radius 3 is 2.71 bits per heavy atom. The molecule has 0 aliphatic rings.